The Bertz CT molecular complexity index is 994. The topological polar surface area (TPSA) is 54.9 Å². The second-order valence-corrected chi connectivity index (χ2v) is 8.50. The number of para-hydroxylation sites is 1. The van der Waals surface area contributed by atoms with Gasteiger partial charge in [0.1, 0.15) is 18.2 Å². The van der Waals surface area contributed by atoms with Crippen LogP contribution in [0.1, 0.15) is 10.6 Å². The molecule has 5 rings (SSSR count). The Morgan fingerprint density at radius 1 is 1.00 bits per heavy atom. The van der Waals surface area contributed by atoms with Gasteiger partial charge in [0.25, 0.3) is 0 Å². The summed E-state index contributed by atoms with van der Waals surface area (Å²) in [6.45, 7) is 5.26. The number of fused-ring (bicyclic) bond motifs is 2. The van der Waals surface area contributed by atoms with E-state index in [1.54, 1.807) is 11.3 Å². The van der Waals surface area contributed by atoms with Crippen LogP contribution in [0.4, 0.5) is 0 Å². The van der Waals surface area contributed by atoms with Gasteiger partial charge >= 0.3 is 0 Å². The second kappa shape index (κ2) is 8.00. The van der Waals surface area contributed by atoms with E-state index >= 15 is 0 Å². The number of aromatic nitrogens is 1. The minimum absolute atomic E-state index is 0.168. The molecular weight excluding hydrogens is 386 g/mol. The molecule has 2 aromatic carbocycles. The third kappa shape index (κ3) is 4.06. The van der Waals surface area contributed by atoms with Crippen molar-refractivity contribution in [3.63, 3.8) is 0 Å². The molecule has 150 valence electrons. The fourth-order valence-corrected chi connectivity index (χ4v) is 4.83. The molecule has 0 aliphatic carbocycles. The van der Waals surface area contributed by atoms with E-state index in [0.29, 0.717) is 19.6 Å². The third-order valence-electron chi connectivity index (χ3n) is 5.38. The number of amides is 1. The van der Waals surface area contributed by atoms with Crippen LogP contribution in [-0.2, 0) is 17.8 Å². The van der Waals surface area contributed by atoms with Gasteiger partial charge in [0, 0.05) is 26.2 Å². The molecule has 29 heavy (non-hydrogen) atoms. The Morgan fingerprint density at radius 3 is 2.62 bits per heavy atom. The number of thiazole rings is 1. The molecule has 0 bridgehead atoms. The lowest BCUT2D eigenvalue weighted by molar-refractivity contribution is -0.132. The van der Waals surface area contributed by atoms with E-state index in [0.717, 1.165) is 60.3 Å². The highest BCUT2D eigenvalue weighted by atomic mass is 32.1. The molecule has 0 unspecified atom stereocenters. The summed E-state index contributed by atoms with van der Waals surface area (Å²) in [6.07, 6.45) is 0.397. The lowest BCUT2D eigenvalue weighted by atomic mass is 10.1. The normalized spacial score (nSPS) is 16.9. The highest BCUT2D eigenvalue weighted by Gasteiger charge is 2.22. The molecule has 1 amide bonds. The van der Waals surface area contributed by atoms with Crippen LogP contribution in [0.15, 0.2) is 42.5 Å². The zero-order chi connectivity index (χ0) is 19.6. The number of benzene rings is 2. The van der Waals surface area contributed by atoms with Crippen LogP contribution in [0.3, 0.4) is 0 Å². The van der Waals surface area contributed by atoms with Gasteiger partial charge < -0.3 is 14.4 Å². The number of ether oxygens (including phenoxy) is 2. The third-order valence-corrected chi connectivity index (χ3v) is 6.41. The van der Waals surface area contributed by atoms with Gasteiger partial charge in [-0.1, -0.05) is 18.2 Å². The minimum Gasteiger partial charge on any atom is -0.486 e. The number of carbonyl (C=O) groups excluding carboxylic acids is 1. The standard InChI is InChI=1S/C22H23N3O3S/c26-22(14-16-5-6-18-19(13-16)28-12-11-27-18)25-9-7-24(8-10-25)15-21-23-17-3-1-2-4-20(17)29-21/h1-6,13H,7-12,14-15H2. The molecule has 2 aliphatic rings. The van der Waals surface area contributed by atoms with Gasteiger partial charge in [0.15, 0.2) is 11.5 Å². The predicted octanol–water partition coefficient (Wildman–Crippen LogP) is 2.95. The van der Waals surface area contributed by atoms with Crippen molar-refractivity contribution in [1.82, 2.24) is 14.8 Å². The van der Waals surface area contributed by atoms with Crippen LogP contribution < -0.4 is 9.47 Å². The number of nitrogens with zero attached hydrogens (tertiary/aromatic N) is 3. The van der Waals surface area contributed by atoms with Gasteiger partial charge in [0.05, 0.1) is 23.2 Å². The van der Waals surface area contributed by atoms with Crippen LogP contribution in [0.2, 0.25) is 0 Å². The van der Waals surface area contributed by atoms with Gasteiger partial charge in [-0.25, -0.2) is 4.98 Å². The highest BCUT2D eigenvalue weighted by molar-refractivity contribution is 7.18. The van der Waals surface area contributed by atoms with E-state index in [4.69, 9.17) is 14.5 Å². The molecule has 1 saturated heterocycles. The molecule has 6 nitrogen and oxygen atoms in total. The second-order valence-electron chi connectivity index (χ2n) is 7.39. The summed E-state index contributed by atoms with van der Waals surface area (Å²) >= 11 is 1.76. The summed E-state index contributed by atoms with van der Waals surface area (Å²) in [4.78, 5) is 21.8. The van der Waals surface area contributed by atoms with Crippen molar-refractivity contribution in [2.45, 2.75) is 13.0 Å². The molecule has 0 N–H and O–H groups in total. The quantitative estimate of drug-likeness (QED) is 0.663. The Hall–Kier alpha value is -2.64. The summed E-state index contributed by atoms with van der Waals surface area (Å²) in [5.74, 6) is 1.67. The average molecular weight is 410 g/mol. The van der Waals surface area contributed by atoms with Crippen molar-refractivity contribution >= 4 is 27.5 Å². The molecule has 2 aliphatic heterocycles. The van der Waals surface area contributed by atoms with Crippen molar-refractivity contribution in [3.8, 4) is 11.5 Å². The van der Waals surface area contributed by atoms with Crippen molar-refractivity contribution in [1.29, 1.82) is 0 Å². The number of piperazine rings is 1. The SMILES string of the molecule is O=C(Cc1ccc2c(c1)OCCO2)N1CCN(Cc2nc3ccccc3s2)CC1. The van der Waals surface area contributed by atoms with E-state index in [1.165, 1.54) is 4.70 Å². The summed E-state index contributed by atoms with van der Waals surface area (Å²) in [6, 6.07) is 14.0. The summed E-state index contributed by atoms with van der Waals surface area (Å²) in [5.41, 5.74) is 2.04. The fraction of sp³-hybridized carbons (Fsp3) is 0.364. The number of hydrogen-bond donors (Lipinski definition) is 0. The maximum atomic E-state index is 12.7. The Kier molecular flexibility index (Phi) is 5.08. The fourth-order valence-electron chi connectivity index (χ4n) is 3.82. The number of carbonyl (C=O) groups is 1. The summed E-state index contributed by atoms with van der Waals surface area (Å²) < 4.78 is 12.4. The van der Waals surface area contributed by atoms with Crippen LogP contribution >= 0.6 is 11.3 Å². The van der Waals surface area contributed by atoms with E-state index in [2.05, 4.69) is 23.1 Å². The van der Waals surface area contributed by atoms with Crippen LogP contribution in [0.25, 0.3) is 10.2 Å². The summed E-state index contributed by atoms with van der Waals surface area (Å²) in [7, 11) is 0. The van der Waals surface area contributed by atoms with Gasteiger partial charge in [-0.15, -0.1) is 11.3 Å². The Balaban J connectivity index is 1.15. The lowest BCUT2D eigenvalue weighted by Crippen LogP contribution is -2.48. The number of rotatable bonds is 4. The van der Waals surface area contributed by atoms with Gasteiger partial charge in [-0.2, -0.15) is 0 Å². The van der Waals surface area contributed by atoms with E-state index in [9.17, 15) is 4.79 Å². The van der Waals surface area contributed by atoms with Gasteiger partial charge in [-0.3, -0.25) is 9.69 Å². The zero-order valence-electron chi connectivity index (χ0n) is 16.2. The molecule has 0 radical (unpaired) electrons. The van der Waals surface area contributed by atoms with Crippen molar-refractivity contribution < 1.29 is 14.3 Å². The predicted molar refractivity (Wildman–Crippen MR) is 113 cm³/mol. The molecule has 7 heteroatoms. The van der Waals surface area contributed by atoms with E-state index in [-0.39, 0.29) is 5.91 Å². The maximum absolute atomic E-state index is 12.7. The van der Waals surface area contributed by atoms with Crippen LogP contribution in [-0.4, -0.2) is 60.1 Å². The molecule has 1 aromatic heterocycles. The molecule has 1 fully saturated rings. The average Bonchev–Trinajstić information content (AvgIpc) is 3.16. The molecule has 0 atom stereocenters. The Morgan fingerprint density at radius 2 is 1.79 bits per heavy atom. The first kappa shape index (κ1) is 18.4. The van der Waals surface area contributed by atoms with E-state index < -0.39 is 0 Å². The van der Waals surface area contributed by atoms with Gasteiger partial charge in [0.2, 0.25) is 5.91 Å². The lowest BCUT2D eigenvalue weighted by Gasteiger charge is -2.34. The minimum atomic E-state index is 0.168. The maximum Gasteiger partial charge on any atom is 0.227 e. The van der Waals surface area contributed by atoms with Crippen molar-refractivity contribution in [3.05, 3.63) is 53.0 Å². The van der Waals surface area contributed by atoms with Crippen molar-refractivity contribution in [2.24, 2.45) is 0 Å². The molecule has 3 aromatic rings. The zero-order valence-corrected chi connectivity index (χ0v) is 17.0. The van der Waals surface area contributed by atoms with Crippen molar-refractivity contribution in [2.75, 3.05) is 39.4 Å². The monoisotopic (exact) mass is 409 g/mol. The summed E-state index contributed by atoms with van der Waals surface area (Å²) in [5, 5.41) is 1.14. The van der Waals surface area contributed by atoms with Gasteiger partial charge in [-0.05, 0) is 29.8 Å². The Labute approximate surface area is 173 Å². The number of hydrogen-bond acceptors (Lipinski definition) is 6. The molecule has 0 spiro atoms. The first-order valence-corrected chi connectivity index (χ1v) is 10.8. The highest BCUT2D eigenvalue weighted by Crippen LogP contribution is 2.31. The smallest absolute Gasteiger partial charge is 0.227 e. The first-order chi connectivity index (χ1) is 14.2. The molecule has 0 saturated carbocycles. The largest absolute Gasteiger partial charge is 0.486 e. The van der Waals surface area contributed by atoms with Crippen LogP contribution in [0, 0.1) is 0 Å². The van der Waals surface area contributed by atoms with E-state index in [1.807, 2.05) is 29.2 Å². The molecule has 3 heterocycles. The first-order valence-electron chi connectivity index (χ1n) is 9.98. The molecular formula is C22H23N3O3S. The van der Waals surface area contributed by atoms with Crippen LogP contribution in [0.5, 0.6) is 11.5 Å².